The van der Waals surface area contributed by atoms with Crippen LogP contribution in [0, 0.1) is 0 Å². The van der Waals surface area contributed by atoms with E-state index in [1.165, 1.54) is 5.56 Å². The second-order valence-electron chi connectivity index (χ2n) is 3.79. The number of rotatable bonds is 3. The minimum atomic E-state index is 0.452. The van der Waals surface area contributed by atoms with Crippen LogP contribution in [0.5, 0.6) is 0 Å². The Morgan fingerprint density at radius 1 is 1.12 bits per heavy atom. The summed E-state index contributed by atoms with van der Waals surface area (Å²) < 4.78 is 0. The molecule has 3 nitrogen and oxygen atoms in total. The monoisotopic (exact) mass is 213 g/mol. The van der Waals surface area contributed by atoms with E-state index in [1.807, 2.05) is 12.1 Å². The van der Waals surface area contributed by atoms with Gasteiger partial charge in [-0.15, -0.1) is 10.2 Å². The summed E-state index contributed by atoms with van der Waals surface area (Å²) in [5, 5.41) is 7.93. The van der Waals surface area contributed by atoms with Gasteiger partial charge >= 0.3 is 0 Å². The van der Waals surface area contributed by atoms with E-state index < -0.39 is 0 Å². The molecule has 2 rings (SSSR count). The van der Waals surface area contributed by atoms with Gasteiger partial charge in [-0.1, -0.05) is 31.5 Å². The highest BCUT2D eigenvalue weighted by Crippen LogP contribution is 2.18. The zero-order valence-electron chi connectivity index (χ0n) is 9.35. The molecule has 16 heavy (non-hydrogen) atoms. The third kappa shape index (κ3) is 2.37. The second-order valence-corrected chi connectivity index (χ2v) is 3.79. The van der Waals surface area contributed by atoms with Gasteiger partial charge in [0.05, 0.1) is 5.69 Å². The maximum Gasteiger partial charge on any atom is 0.146 e. The van der Waals surface area contributed by atoms with Gasteiger partial charge in [-0.25, -0.2) is 0 Å². The molecule has 82 valence electrons. The summed E-state index contributed by atoms with van der Waals surface area (Å²) in [5.74, 6) is 0.452. The maximum atomic E-state index is 5.51. The number of aryl methyl sites for hydroxylation is 1. The van der Waals surface area contributed by atoms with Gasteiger partial charge in [0.1, 0.15) is 5.82 Å². The fourth-order valence-electron chi connectivity index (χ4n) is 1.67. The van der Waals surface area contributed by atoms with Gasteiger partial charge in [-0.2, -0.15) is 0 Å². The summed E-state index contributed by atoms with van der Waals surface area (Å²) in [4.78, 5) is 0. The van der Waals surface area contributed by atoms with Gasteiger partial charge in [0.15, 0.2) is 0 Å². The Labute approximate surface area is 95.3 Å². The molecule has 2 N–H and O–H groups in total. The number of aromatic nitrogens is 2. The molecular weight excluding hydrogens is 198 g/mol. The Kier molecular flexibility index (Phi) is 3.15. The highest BCUT2D eigenvalue weighted by molar-refractivity contribution is 5.60. The van der Waals surface area contributed by atoms with Gasteiger partial charge < -0.3 is 5.73 Å². The molecule has 0 unspecified atom stereocenters. The number of hydrogen-bond acceptors (Lipinski definition) is 3. The van der Waals surface area contributed by atoms with E-state index >= 15 is 0 Å². The van der Waals surface area contributed by atoms with Crippen molar-refractivity contribution >= 4 is 5.82 Å². The van der Waals surface area contributed by atoms with Gasteiger partial charge in [0, 0.05) is 5.56 Å². The zero-order valence-corrected chi connectivity index (χ0v) is 9.35. The Hall–Kier alpha value is -1.90. The van der Waals surface area contributed by atoms with Crippen LogP contribution in [-0.4, -0.2) is 10.2 Å². The number of nitrogen functional groups attached to an aromatic ring is 1. The van der Waals surface area contributed by atoms with Crippen LogP contribution in [0.25, 0.3) is 11.3 Å². The molecule has 3 heteroatoms. The van der Waals surface area contributed by atoms with E-state index in [0.717, 1.165) is 24.1 Å². The molecule has 0 saturated carbocycles. The third-order valence-electron chi connectivity index (χ3n) is 2.45. The molecule has 0 radical (unpaired) electrons. The lowest BCUT2D eigenvalue weighted by atomic mass is 10.0. The molecule has 0 amide bonds. The van der Waals surface area contributed by atoms with E-state index in [0.29, 0.717) is 5.82 Å². The molecule has 0 saturated heterocycles. The minimum Gasteiger partial charge on any atom is -0.382 e. The van der Waals surface area contributed by atoms with Crippen LogP contribution < -0.4 is 5.73 Å². The SMILES string of the molecule is CCCc1cccc(-c2ccc(N)nn2)c1. The Morgan fingerprint density at radius 2 is 2.00 bits per heavy atom. The number of hydrogen-bond donors (Lipinski definition) is 1. The van der Waals surface area contributed by atoms with Crippen LogP contribution in [0.3, 0.4) is 0 Å². The topological polar surface area (TPSA) is 51.8 Å². The minimum absolute atomic E-state index is 0.452. The normalized spacial score (nSPS) is 10.3. The molecule has 0 fully saturated rings. The van der Waals surface area contributed by atoms with E-state index in [2.05, 4.69) is 35.3 Å². The van der Waals surface area contributed by atoms with Gasteiger partial charge in [0.2, 0.25) is 0 Å². The van der Waals surface area contributed by atoms with Crippen LogP contribution in [0.15, 0.2) is 36.4 Å². The van der Waals surface area contributed by atoms with E-state index in [9.17, 15) is 0 Å². The third-order valence-corrected chi connectivity index (χ3v) is 2.45. The molecule has 0 atom stereocenters. The quantitative estimate of drug-likeness (QED) is 0.852. The van der Waals surface area contributed by atoms with Crippen molar-refractivity contribution in [2.45, 2.75) is 19.8 Å². The highest BCUT2D eigenvalue weighted by Gasteiger charge is 2.00. The number of nitrogens with two attached hydrogens (primary N) is 1. The van der Waals surface area contributed by atoms with Crippen molar-refractivity contribution in [3.05, 3.63) is 42.0 Å². The second kappa shape index (κ2) is 4.75. The first-order valence-electron chi connectivity index (χ1n) is 5.48. The van der Waals surface area contributed by atoms with Crippen LogP contribution in [0.1, 0.15) is 18.9 Å². The van der Waals surface area contributed by atoms with Crippen molar-refractivity contribution in [1.82, 2.24) is 10.2 Å². The van der Waals surface area contributed by atoms with Crippen LogP contribution in [-0.2, 0) is 6.42 Å². The molecule has 1 aromatic heterocycles. The van der Waals surface area contributed by atoms with Crippen LogP contribution >= 0.6 is 0 Å². The predicted molar refractivity (Wildman–Crippen MR) is 65.9 cm³/mol. The number of anilines is 1. The van der Waals surface area contributed by atoms with Crippen molar-refractivity contribution in [1.29, 1.82) is 0 Å². The average molecular weight is 213 g/mol. The van der Waals surface area contributed by atoms with E-state index in [-0.39, 0.29) is 0 Å². The van der Waals surface area contributed by atoms with Crippen LogP contribution in [0.4, 0.5) is 5.82 Å². The van der Waals surface area contributed by atoms with Crippen molar-refractivity contribution in [2.75, 3.05) is 5.73 Å². The molecule has 2 aromatic rings. The Morgan fingerprint density at radius 3 is 2.69 bits per heavy atom. The van der Waals surface area contributed by atoms with Crippen molar-refractivity contribution < 1.29 is 0 Å². The highest BCUT2D eigenvalue weighted by atomic mass is 15.1. The molecular formula is C13H15N3. The average Bonchev–Trinajstić information content (AvgIpc) is 2.31. The molecule has 1 aromatic carbocycles. The Bertz CT molecular complexity index is 463. The number of nitrogens with zero attached hydrogens (tertiary/aromatic N) is 2. The molecule has 0 aliphatic heterocycles. The summed E-state index contributed by atoms with van der Waals surface area (Å²) in [7, 11) is 0. The summed E-state index contributed by atoms with van der Waals surface area (Å²) in [6.45, 7) is 2.18. The predicted octanol–water partition coefficient (Wildman–Crippen LogP) is 2.68. The molecule has 0 aliphatic carbocycles. The molecule has 0 spiro atoms. The standard InChI is InChI=1S/C13H15N3/c1-2-4-10-5-3-6-11(9-10)12-7-8-13(14)16-15-12/h3,5-9H,2,4H2,1H3,(H2,14,16). The van der Waals surface area contributed by atoms with Gasteiger partial charge in [-0.3, -0.25) is 0 Å². The molecule has 0 bridgehead atoms. The number of benzene rings is 1. The van der Waals surface area contributed by atoms with E-state index in [4.69, 9.17) is 5.73 Å². The van der Waals surface area contributed by atoms with Crippen molar-refractivity contribution in [3.8, 4) is 11.3 Å². The van der Waals surface area contributed by atoms with Gasteiger partial charge in [0.25, 0.3) is 0 Å². The first-order valence-corrected chi connectivity index (χ1v) is 5.48. The molecule has 1 heterocycles. The zero-order chi connectivity index (χ0) is 11.4. The molecule has 0 aliphatic rings. The van der Waals surface area contributed by atoms with Gasteiger partial charge in [-0.05, 0) is 30.2 Å². The lowest BCUT2D eigenvalue weighted by Crippen LogP contribution is -1.94. The van der Waals surface area contributed by atoms with Crippen molar-refractivity contribution in [2.24, 2.45) is 0 Å². The lowest BCUT2D eigenvalue weighted by Gasteiger charge is -2.03. The first-order chi connectivity index (χ1) is 7.79. The maximum absolute atomic E-state index is 5.51. The lowest BCUT2D eigenvalue weighted by molar-refractivity contribution is 0.922. The summed E-state index contributed by atoms with van der Waals surface area (Å²) in [6.07, 6.45) is 2.24. The van der Waals surface area contributed by atoms with Crippen molar-refractivity contribution in [3.63, 3.8) is 0 Å². The first kappa shape index (κ1) is 10.6. The van der Waals surface area contributed by atoms with Crippen LogP contribution in [0.2, 0.25) is 0 Å². The summed E-state index contributed by atoms with van der Waals surface area (Å²) in [5.41, 5.74) is 8.80. The largest absolute Gasteiger partial charge is 0.382 e. The smallest absolute Gasteiger partial charge is 0.146 e. The Balaban J connectivity index is 2.32. The fraction of sp³-hybridized carbons (Fsp3) is 0.231. The summed E-state index contributed by atoms with van der Waals surface area (Å²) in [6, 6.07) is 12.1. The van der Waals surface area contributed by atoms with E-state index in [1.54, 1.807) is 6.07 Å². The fourth-order valence-corrected chi connectivity index (χ4v) is 1.67. The summed E-state index contributed by atoms with van der Waals surface area (Å²) >= 11 is 0.